The zero-order valence-corrected chi connectivity index (χ0v) is 22.6. The Balaban J connectivity index is 1.43. The normalized spacial score (nSPS) is 13.7. The molecule has 1 saturated heterocycles. The molecular weight excluding hydrogens is 536 g/mol. The molecule has 1 aliphatic rings. The Morgan fingerprint density at radius 3 is 2.45 bits per heavy atom. The summed E-state index contributed by atoms with van der Waals surface area (Å²) in [4.78, 5) is 51.1. The fourth-order valence-corrected chi connectivity index (χ4v) is 4.26. The first-order valence-electron chi connectivity index (χ1n) is 12.4. The third-order valence-corrected chi connectivity index (χ3v) is 6.19. The van der Waals surface area contributed by atoms with Crippen molar-refractivity contribution in [2.24, 2.45) is 0 Å². The average Bonchev–Trinajstić information content (AvgIpc) is 3.20. The van der Waals surface area contributed by atoms with Crippen LogP contribution in [0.4, 0.5) is 16.2 Å². The van der Waals surface area contributed by atoms with Gasteiger partial charge in [-0.2, -0.15) is 0 Å². The third kappa shape index (κ3) is 6.78. The molecule has 0 saturated carbocycles. The van der Waals surface area contributed by atoms with E-state index in [1.54, 1.807) is 42.5 Å². The number of amides is 5. The quantitative estimate of drug-likeness (QED) is 0.247. The molecule has 3 N–H and O–H groups in total. The molecule has 0 aromatic heterocycles. The van der Waals surface area contributed by atoms with Gasteiger partial charge in [-0.1, -0.05) is 54.9 Å². The molecule has 4 rings (SSSR count). The van der Waals surface area contributed by atoms with Gasteiger partial charge in [0, 0.05) is 11.4 Å². The van der Waals surface area contributed by atoms with Gasteiger partial charge >= 0.3 is 6.03 Å². The lowest BCUT2D eigenvalue weighted by atomic mass is 10.1. The third-order valence-electron chi connectivity index (χ3n) is 5.90. The van der Waals surface area contributed by atoms with Crippen LogP contribution >= 0.6 is 11.6 Å². The number of anilines is 2. The predicted molar refractivity (Wildman–Crippen MR) is 151 cm³/mol. The minimum Gasteiger partial charge on any atom is -0.493 e. The summed E-state index contributed by atoms with van der Waals surface area (Å²) in [5.74, 6) is -1.21. The summed E-state index contributed by atoms with van der Waals surface area (Å²) >= 11 is 6.41. The van der Waals surface area contributed by atoms with E-state index >= 15 is 0 Å². The van der Waals surface area contributed by atoms with E-state index in [9.17, 15) is 19.2 Å². The van der Waals surface area contributed by atoms with Crippen LogP contribution in [-0.4, -0.2) is 48.9 Å². The number of urea groups is 1. The number of imide groups is 1. The molecule has 11 heteroatoms. The van der Waals surface area contributed by atoms with Crippen LogP contribution in [0.3, 0.4) is 0 Å². The van der Waals surface area contributed by atoms with Gasteiger partial charge in [0.1, 0.15) is 12.2 Å². The van der Waals surface area contributed by atoms with Crippen molar-refractivity contribution < 1.29 is 28.7 Å². The first kappa shape index (κ1) is 28.2. The maximum absolute atomic E-state index is 12.9. The Kier molecular flexibility index (Phi) is 9.03. The van der Waals surface area contributed by atoms with Gasteiger partial charge in [0.15, 0.2) is 18.1 Å². The number of nitrogens with zero attached hydrogens (tertiary/aromatic N) is 1. The number of ether oxygens (including phenoxy) is 2. The molecule has 206 valence electrons. The topological polar surface area (TPSA) is 126 Å². The van der Waals surface area contributed by atoms with Crippen molar-refractivity contribution in [2.45, 2.75) is 13.3 Å². The van der Waals surface area contributed by atoms with Crippen LogP contribution in [0.5, 0.6) is 11.5 Å². The lowest BCUT2D eigenvalue weighted by Gasteiger charge is -2.14. The number of aryl methyl sites for hydroxylation is 1. The molecule has 5 amide bonds. The summed E-state index contributed by atoms with van der Waals surface area (Å²) in [6.07, 6.45) is 2.12. The minimum atomic E-state index is -0.724. The first-order chi connectivity index (χ1) is 19.3. The van der Waals surface area contributed by atoms with E-state index in [4.69, 9.17) is 21.1 Å². The van der Waals surface area contributed by atoms with Crippen LogP contribution in [-0.2, 0) is 20.8 Å². The monoisotopic (exact) mass is 562 g/mol. The van der Waals surface area contributed by atoms with Crippen molar-refractivity contribution in [1.29, 1.82) is 0 Å². The molecule has 0 unspecified atom stereocenters. The van der Waals surface area contributed by atoms with Crippen molar-refractivity contribution in [3.05, 3.63) is 88.6 Å². The van der Waals surface area contributed by atoms with Gasteiger partial charge in [-0.05, 0) is 54.0 Å². The SMILES string of the molecule is CCc1ccccc1NC(=O)CN1C(=O)N/C(=C/c2cc(Cl)c(OCC(=O)Nc3ccccc3)c(OC)c2)C1=O. The van der Waals surface area contributed by atoms with E-state index in [2.05, 4.69) is 16.0 Å². The highest BCUT2D eigenvalue weighted by Gasteiger charge is 2.35. The Hall–Kier alpha value is -4.83. The molecule has 0 aliphatic carbocycles. The van der Waals surface area contributed by atoms with Gasteiger partial charge in [0.25, 0.3) is 11.8 Å². The van der Waals surface area contributed by atoms with Crippen molar-refractivity contribution in [3.8, 4) is 11.5 Å². The molecule has 0 atom stereocenters. The van der Waals surface area contributed by atoms with Gasteiger partial charge in [0.2, 0.25) is 5.91 Å². The van der Waals surface area contributed by atoms with E-state index in [0.717, 1.165) is 10.5 Å². The maximum atomic E-state index is 12.9. The van der Waals surface area contributed by atoms with E-state index in [-0.39, 0.29) is 28.8 Å². The average molecular weight is 563 g/mol. The van der Waals surface area contributed by atoms with Crippen LogP contribution in [0.25, 0.3) is 6.08 Å². The molecule has 1 fully saturated rings. The van der Waals surface area contributed by atoms with Crippen LogP contribution in [0.15, 0.2) is 72.4 Å². The highest BCUT2D eigenvalue weighted by atomic mass is 35.5. The second-order valence-electron chi connectivity index (χ2n) is 8.68. The number of halogens is 1. The summed E-state index contributed by atoms with van der Waals surface area (Å²) in [6.45, 7) is 1.18. The van der Waals surface area contributed by atoms with E-state index in [1.807, 2.05) is 25.1 Å². The molecule has 3 aromatic carbocycles. The van der Waals surface area contributed by atoms with Crippen LogP contribution in [0, 0.1) is 0 Å². The van der Waals surface area contributed by atoms with Gasteiger partial charge in [-0.3, -0.25) is 14.4 Å². The smallest absolute Gasteiger partial charge is 0.329 e. The van der Waals surface area contributed by atoms with Crippen LogP contribution in [0.1, 0.15) is 18.1 Å². The number of carbonyl (C=O) groups excluding carboxylic acids is 4. The van der Waals surface area contributed by atoms with E-state index in [1.165, 1.54) is 19.3 Å². The Morgan fingerprint density at radius 2 is 1.73 bits per heavy atom. The molecule has 0 bridgehead atoms. The lowest BCUT2D eigenvalue weighted by Crippen LogP contribution is -2.38. The highest BCUT2D eigenvalue weighted by Crippen LogP contribution is 2.37. The lowest BCUT2D eigenvalue weighted by molar-refractivity contribution is -0.127. The van der Waals surface area contributed by atoms with Gasteiger partial charge < -0.3 is 25.4 Å². The summed E-state index contributed by atoms with van der Waals surface area (Å²) in [5.41, 5.74) is 2.57. The van der Waals surface area contributed by atoms with E-state index < -0.39 is 30.3 Å². The summed E-state index contributed by atoms with van der Waals surface area (Å²) in [7, 11) is 1.40. The first-order valence-corrected chi connectivity index (χ1v) is 12.7. The number of hydrogen-bond donors (Lipinski definition) is 3. The van der Waals surface area contributed by atoms with Crippen molar-refractivity contribution >= 4 is 52.8 Å². The Bertz CT molecular complexity index is 1470. The second-order valence-corrected chi connectivity index (χ2v) is 9.08. The number of rotatable bonds is 10. The molecule has 10 nitrogen and oxygen atoms in total. The number of hydrogen-bond acceptors (Lipinski definition) is 6. The number of carbonyl (C=O) groups is 4. The maximum Gasteiger partial charge on any atom is 0.329 e. The highest BCUT2D eigenvalue weighted by molar-refractivity contribution is 6.32. The predicted octanol–water partition coefficient (Wildman–Crippen LogP) is 4.46. The largest absolute Gasteiger partial charge is 0.493 e. The fourth-order valence-electron chi connectivity index (χ4n) is 3.99. The zero-order chi connectivity index (χ0) is 28.6. The number of nitrogens with one attached hydrogen (secondary N) is 3. The summed E-state index contributed by atoms with van der Waals surface area (Å²) < 4.78 is 11.0. The summed E-state index contributed by atoms with van der Waals surface area (Å²) in [6, 6.07) is 18.5. The second kappa shape index (κ2) is 12.8. The molecule has 3 aromatic rings. The van der Waals surface area contributed by atoms with Crippen LogP contribution < -0.4 is 25.4 Å². The summed E-state index contributed by atoms with van der Waals surface area (Å²) in [5, 5.41) is 8.06. The molecule has 1 heterocycles. The van der Waals surface area contributed by atoms with E-state index in [0.29, 0.717) is 23.4 Å². The van der Waals surface area contributed by atoms with Crippen LogP contribution in [0.2, 0.25) is 5.02 Å². The van der Waals surface area contributed by atoms with Gasteiger partial charge in [-0.25, -0.2) is 9.69 Å². The number of benzene rings is 3. The van der Waals surface area contributed by atoms with Crippen molar-refractivity contribution in [2.75, 3.05) is 30.9 Å². The molecular formula is C29H27ClN4O6. The molecule has 1 aliphatic heterocycles. The molecule has 0 radical (unpaired) electrons. The molecule has 40 heavy (non-hydrogen) atoms. The van der Waals surface area contributed by atoms with Gasteiger partial charge in [0.05, 0.1) is 12.1 Å². The Morgan fingerprint density at radius 1 is 1.00 bits per heavy atom. The zero-order valence-electron chi connectivity index (χ0n) is 21.8. The standard InChI is InChI=1S/C29H27ClN4O6/c1-3-19-9-7-8-12-22(19)32-25(35)16-34-28(37)23(33-29(34)38)14-18-13-21(30)27(24(15-18)39-2)40-17-26(36)31-20-10-5-4-6-11-20/h4-15H,3,16-17H2,1-2H3,(H,31,36)(H,32,35)(H,33,38)/b23-14+. The van der Waals surface area contributed by atoms with Crippen molar-refractivity contribution in [1.82, 2.24) is 10.2 Å². The van der Waals surface area contributed by atoms with Crippen molar-refractivity contribution in [3.63, 3.8) is 0 Å². The number of para-hydroxylation sites is 2. The number of methoxy groups -OCH3 is 1. The van der Waals surface area contributed by atoms with Gasteiger partial charge in [-0.15, -0.1) is 0 Å². The fraction of sp³-hybridized carbons (Fsp3) is 0.172. The molecule has 0 spiro atoms. The minimum absolute atomic E-state index is 0.0409. The Labute approximate surface area is 235 Å².